The maximum atomic E-state index is 6.03. The van der Waals surface area contributed by atoms with Gasteiger partial charge in [0, 0.05) is 18.0 Å². The Morgan fingerprint density at radius 1 is 1.35 bits per heavy atom. The highest BCUT2D eigenvalue weighted by Crippen LogP contribution is 2.25. The molecule has 0 saturated heterocycles. The van der Waals surface area contributed by atoms with Gasteiger partial charge in [0.2, 0.25) is 5.28 Å². The molecule has 1 atom stereocenters. The fraction of sp³-hybridized carbons (Fsp3) is 0.368. The van der Waals surface area contributed by atoms with Crippen molar-refractivity contribution in [3.8, 4) is 5.75 Å². The normalized spacial score (nSPS) is 12.3. The van der Waals surface area contributed by atoms with E-state index in [1.54, 1.807) is 12.3 Å². The zero-order valence-corrected chi connectivity index (χ0v) is 16.5. The molecule has 0 aromatic carbocycles. The van der Waals surface area contributed by atoms with Gasteiger partial charge in [0.1, 0.15) is 17.5 Å². The van der Waals surface area contributed by atoms with Crippen LogP contribution in [0.4, 0.5) is 5.82 Å². The van der Waals surface area contributed by atoms with Gasteiger partial charge in [-0.3, -0.25) is 4.98 Å². The Balaban J connectivity index is 2.06. The van der Waals surface area contributed by atoms with E-state index in [-0.39, 0.29) is 11.2 Å². The number of halogens is 2. The van der Waals surface area contributed by atoms with Crippen molar-refractivity contribution in [3.63, 3.8) is 0 Å². The van der Waals surface area contributed by atoms with E-state index in [0.29, 0.717) is 23.1 Å². The Kier molecular flexibility index (Phi) is 8.01. The maximum Gasteiger partial charge on any atom is 0.225 e. The van der Waals surface area contributed by atoms with Gasteiger partial charge in [-0.1, -0.05) is 31.2 Å². The number of nitrogens with zero attached hydrogens (tertiary/aromatic N) is 4. The first kappa shape index (κ1) is 20.3. The summed E-state index contributed by atoms with van der Waals surface area (Å²) >= 11 is 11.9. The van der Waals surface area contributed by atoms with Gasteiger partial charge in [0.25, 0.3) is 0 Å². The number of aromatic nitrogens is 3. The summed E-state index contributed by atoms with van der Waals surface area (Å²) in [6, 6.07) is 3.79. The molecular formula is C19H22Cl2N4O. The third kappa shape index (κ3) is 5.78. The summed E-state index contributed by atoms with van der Waals surface area (Å²) in [5.41, 5.74) is 1.65. The van der Waals surface area contributed by atoms with Crippen LogP contribution in [-0.4, -0.2) is 27.8 Å². The van der Waals surface area contributed by atoms with Crippen LogP contribution in [0.5, 0.6) is 5.75 Å². The van der Waals surface area contributed by atoms with Crippen LogP contribution in [0.2, 0.25) is 10.4 Å². The first-order valence-corrected chi connectivity index (χ1v) is 9.22. The fourth-order valence-electron chi connectivity index (χ4n) is 2.35. The van der Waals surface area contributed by atoms with E-state index >= 15 is 0 Å². The van der Waals surface area contributed by atoms with Crippen molar-refractivity contribution in [3.05, 3.63) is 52.7 Å². The third-order valence-electron chi connectivity index (χ3n) is 3.92. The van der Waals surface area contributed by atoms with Crippen LogP contribution in [0.1, 0.15) is 31.0 Å². The molecule has 1 unspecified atom stereocenters. The minimum Gasteiger partial charge on any atom is -0.488 e. The van der Waals surface area contributed by atoms with E-state index < -0.39 is 0 Å². The second-order valence-electron chi connectivity index (χ2n) is 5.77. The highest BCUT2D eigenvalue weighted by atomic mass is 35.5. The monoisotopic (exact) mass is 392 g/mol. The molecule has 2 heterocycles. The summed E-state index contributed by atoms with van der Waals surface area (Å²) in [7, 11) is 0. The molecule has 7 heteroatoms. The highest BCUT2D eigenvalue weighted by molar-refractivity contribution is 6.32. The lowest BCUT2D eigenvalue weighted by atomic mass is 10.00. The summed E-state index contributed by atoms with van der Waals surface area (Å²) in [6.07, 6.45) is 8.03. The van der Waals surface area contributed by atoms with Crippen molar-refractivity contribution in [1.82, 2.24) is 15.0 Å². The molecule has 0 aliphatic heterocycles. The zero-order chi connectivity index (χ0) is 18.9. The number of ether oxygens (including phenoxy) is 1. The highest BCUT2D eigenvalue weighted by Gasteiger charge is 2.11. The minimum atomic E-state index is 0.0956. The quantitative estimate of drug-likeness (QED) is 0.247. The smallest absolute Gasteiger partial charge is 0.225 e. The van der Waals surface area contributed by atoms with Gasteiger partial charge in [0.15, 0.2) is 5.82 Å². The van der Waals surface area contributed by atoms with Crippen LogP contribution in [0.25, 0.3) is 0 Å². The second-order valence-corrected chi connectivity index (χ2v) is 6.46. The van der Waals surface area contributed by atoms with E-state index in [9.17, 15) is 0 Å². The molecular weight excluding hydrogens is 371 g/mol. The SMILES string of the molecule is C=CCOc1cccnc1CCC(C=Nc1nc(Cl)nc(Cl)c1C)CC. The number of aliphatic imine (C=N–C) groups is 1. The second kappa shape index (κ2) is 10.2. The van der Waals surface area contributed by atoms with E-state index in [0.717, 1.165) is 30.7 Å². The predicted octanol–water partition coefficient (Wildman–Crippen LogP) is 5.41. The maximum absolute atomic E-state index is 6.03. The van der Waals surface area contributed by atoms with Crippen molar-refractivity contribution in [2.24, 2.45) is 10.9 Å². The molecule has 0 bridgehead atoms. The van der Waals surface area contributed by atoms with Crippen LogP contribution < -0.4 is 4.74 Å². The molecule has 0 aliphatic carbocycles. The Morgan fingerprint density at radius 3 is 2.88 bits per heavy atom. The Morgan fingerprint density at radius 2 is 2.15 bits per heavy atom. The molecule has 0 spiro atoms. The van der Waals surface area contributed by atoms with Gasteiger partial charge >= 0.3 is 0 Å². The van der Waals surface area contributed by atoms with Crippen LogP contribution in [0.15, 0.2) is 36.0 Å². The Bertz CT molecular complexity index is 780. The predicted molar refractivity (Wildman–Crippen MR) is 107 cm³/mol. The molecule has 2 aromatic heterocycles. The average Bonchev–Trinajstić information content (AvgIpc) is 2.64. The number of aryl methyl sites for hydroxylation is 1. The van der Waals surface area contributed by atoms with Crippen LogP contribution >= 0.6 is 23.2 Å². The van der Waals surface area contributed by atoms with Crippen molar-refractivity contribution in [2.45, 2.75) is 33.1 Å². The van der Waals surface area contributed by atoms with Crippen molar-refractivity contribution in [1.29, 1.82) is 0 Å². The van der Waals surface area contributed by atoms with E-state index in [2.05, 4.69) is 33.4 Å². The van der Waals surface area contributed by atoms with Gasteiger partial charge in [-0.2, -0.15) is 4.98 Å². The molecule has 0 aliphatic rings. The van der Waals surface area contributed by atoms with Gasteiger partial charge in [0.05, 0.1) is 5.69 Å². The number of hydrogen-bond acceptors (Lipinski definition) is 5. The minimum absolute atomic E-state index is 0.0956. The number of pyridine rings is 1. The lowest BCUT2D eigenvalue weighted by molar-refractivity contribution is 0.356. The lowest BCUT2D eigenvalue weighted by Crippen LogP contribution is -2.06. The first-order valence-electron chi connectivity index (χ1n) is 8.46. The topological polar surface area (TPSA) is 60.3 Å². The van der Waals surface area contributed by atoms with Crippen molar-refractivity contribution in [2.75, 3.05) is 6.61 Å². The van der Waals surface area contributed by atoms with E-state index in [1.807, 2.05) is 25.3 Å². The summed E-state index contributed by atoms with van der Waals surface area (Å²) in [6.45, 7) is 8.08. The molecule has 0 saturated carbocycles. The molecule has 138 valence electrons. The fourth-order valence-corrected chi connectivity index (χ4v) is 2.72. The van der Waals surface area contributed by atoms with E-state index in [4.69, 9.17) is 27.9 Å². The van der Waals surface area contributed by atoms with Crippen molar-refractivity contribution >= 4 is 35.2 Å². The molecule has 26 heavy (non-hydrogen) atoms. The molecule has 0 amide bonds. The molecule has 5 nitrogen and oxygen atoms in total. The zero-order valence-electron chi connectivity index (χ0n) is 15.0. The average molecular weight is 393 g/mol. The molecule has 0 fully saturated rings. The summed E-state index contributed by atoms with van der Waals surface area (Å²) in [5, 5.41) is 0.418. The summed E-state index contributed by atoms with van der Waals surface area (Å²) in [4.78, 5) is 17.0. The lowest BCUT2D eigenvalue weighted by Gasteiger charge is -2.12. The summed E-state index contributed by atoms with van der Waals surface area (Å²) in [5.74, 6) is 1.57. The number of rotatable bonds is 9. The largest absolute Gasteiger partial charge is 0.488 e. The standard InChI is InChI=1S/C19H22Cl2N4O/c1-4-11-26-16-7-6-10-22-15(16)9-8-14(5-2)12-23-18-13(3)17(20)24-19(21)25-18/h4,6-7,10,12,14H,1,5,8-9,11H2,2-3H3. The summed E-state index contributed by atoms with van der Waals surface area (Å²) < 4.78 is 5.66. The molecule has 2 aromatic rings. The molecule has 0 radical (unpaired) electrons. The Labute approximate surface area is 164 Å². The van der Waals surface area contributed by atoms with Gasteiger partial charge in [-0.25, -0.2) is 9.98 Å². The van der Waals surface area contributed by atoms with Gasteiger partial charge in [-0.15, -0.1) is 0 Å². The number of hydrogen-bond donors (Lipinski definition) is 0. The third-order valence-corrected chi connectivity index (χ3v) is 4.46. The van der Waals surface area contributed by atoms with Crippen LogP contribution in [0.3, 0.4) is 0 Å². The van der Waals surface area contributed by atoms with Gasteiger partial charge < -0.3 is 4.74 Å². The van der Waals surface area contributed by atoms with Crippen LogP contribution in [-0.2, 0) is 6.42 Å². The van der Waals surface area contributed by atoms with Crippen molar-refractivity contribution < 1.29 is 4.74 Å². The van der Waals surface area contributed by atoms with Gasteiger partial charge in [-0.05, 0) is 55.8 Å². The molecule has 0 N–H and O–H groups in total. The Hall–Kier alpha value is -1.98. The first-order chi connectivity index (χ1) is 12.5. The molecule has 2 rings (SSSR count). The van der Waals surface area contributed by atoms with E-state index in [1.165, 1.54) is 0 Å². The van der Waals surface area contributed by atoms with Crippen LogP contribution in [0, 0.1) is 12.8 Å².